The van der Waals surface area contributed by atoms with Gasteiger partial charge in [-0.2, -0.15) is 0 Å². The quantitative estimate of drug-likeness (QED) is 0.627. The van der Waals surface area contributed by atoms with E-state index in [1.54, 1.807) is 18.3 Å². The van der Waals surface area contributed by atoms with Crippen molar-refractivity contribution in [3.8, 4) is 5.69 Å². The average molecular weight is 310 g/mol. The molecule has 2 aromatic heterocycles. The fourth-order valence-corrected chi connectivity index (χ4v) is 1.91. The lowest BCUT2D eigenvalue weighted by atomic mass is 10.2. The van der Waals surface area contributed by atoms with Crippen molar-refractivity contribution < 1.29 is 9.59 Å². The van der Waals surface area contributed by atoms with E-state index in [0.29, 0.717) is 5.69 Å². The van der Waals surface area contributed by atoms with Crippen LogP contribution in [0, 0.1) is 6.92 Å². The number of benzene rings is 1. The molecule has 0 aliphatic carbocycles. The summed E-state index contributed by atoms with van der Waals surface area (Å²) in [6.07, 6.45) is 3.10. The summed E-state index contributed by atoms with van der Waals surface area (Å²) in [7, 11) is 0. The van der Waals surface area contributed by atoms with E-state index in [1.807, 2.05) is 31.2 Å². The van der Waals surface area contributed by atoms with E-state index in [4.69, 9.17) is 0 Å². The number of hydrogen-bond acceptors (Lipinski definition) is 4. The number of aryl methyl sites for hydroxylation is 1. The molecule has 0 bridgehead atoms. The maximum absolute atomic E-state index is 12.0. The SMILES string of the molecule is Cc1ccc(-n2cc(C(=O)NNC(=O)c3ccc[nH]3)nn2)cc1. The predicted octanol–water partition coefficient (Wildman–Crippen LogP) is 0.979. The Morgan fingerprint density at radius 1 is 1.09 bits per heavy atom. The van der Waals surface area contributed by atoms with Gasteiger partial charge in [-0.3, -0.25) is 20.4 Å². The molecule has 0 fully saturated rings. The van der Waals surface area contributed by atoms with Gasteiger partial charge in [0.25, 0.3) is 11.8 Å². The van der Waals surface area contributed by atoms with Crippen LogP contribution in [0.4, 0.5) is 0 Å². The Morgan fingerprint density at radius 2 is 1.83 bits per heavy atom. The Labute approximate surface area is 131 Å². The molecule has 0 saturated heterocycles. The molecule has 8 nitrogen and oxygen atoms in total. The monoisotopic (exact) mass is 310 g/mol. The second-order valence-corrected chi connectivity index (χ2v) is 4.88. The fraction of sp³-hybridized carbons (Fsp3) is 0.0667. The molecule has 23 heavy (non-hydrogen) atoms. The minimum absolute atomic E-state index is 0.0948. The number of hydrazine groups is 1. The van der Waals surface area contributed by atoms with E-state index in [-0.39, 0.29) is 5.69 Å². The van der Waals surface area contributed by atoms with Gasteiger partial charge in [0.15, 0.2) is 5.69 Å². The Hall–Kier alpha value is -3.42. The Morgan fingerprint density at radius 3 is 2.52 bits per heavy atom. The minimum atomic E-state index is -0.553. The van der Waals surface area contributed by atoms with Gasteiger partial charge in [0.1, 0.15) is 5.69 Å². The van der Waals surface area contributed by atoms with Crippen molar-refractivity contribution in [2.45, 2.75) is 6.92 Å². The fourth-order valence-electron chi connectivity index (χ4n) is 1.91. The molecule has 0 aliphatic rings. The van der Waals surface area contributed by atoms with Crippen LogP contribution in [0.15, 0.2) is 48.8 Å². The topological polar surface area (TPSA) is 105 Å². The average Bonchev–Trinajstić information content (AvgIpc) is 3.24. The van der Waals surface area contributed by atoms with E-state index < -0.39 is 11.8 Å². The molecular formula is C15H14N6O2. The summed E-state index contributed by atoms with van der Waals surface area (Å²) in [6, 6.07) is 10.9. The van der Waals surface area contributed by atoms with Gasteiger partial charge in [-0.05, 0) is 31.2 Å². The number of nitrogens with one attached hydrogen (secondary N) is 3. The van der Waals surface area contributed by atoms with Crippen LogP contribution in [-0.2, 0) is 0 Å². The molecule has 0 atom stereocenters. The summed E-state index contributed by atoms with van der Waals surface area (Å²) in [5.41, 5.74) is 6.93. The van der Waals surface area contributed by atoms with Crippen LogP contribution in [0.3, 0.4) is 0 Å². The second kappa shape index (κ2) is 6.14. The van der Waals surface area contributed by atoms with Crippen LogP contribution in [0.5, 0.6) is 0 Å². The summed E-state index contributed by atoms with van der Waals surface area (Å²) in [5.74, 6) is -1.00. The van der Waals surface area contributed by atoms with Gasteiger partial charge < -0.3 is 4.98 Å². The molecule has 0 aliphatic heterocycles. The zero-order chi connectivity index (χ0) is 16.2. The molecule has 0 unspecified atom stereocenters. The molecule has 2 amide bonds. The van der Waals surface area contributed by atoms with Crippen LogP contribution in [-0.4, -0.2) is 31.8 Å². The van der Waals surface area contributed by atoms with Crippen molar-refractivity contribution in [3.63, 3.8) is 0 Å². The largest absolute Gasteiger partial charge is 0.357 e. The number of H-pyrrole nitrogens is 1. The first-order valence-corrected chi connectivity index (χ1v) is 6.87. The first-order valence-electron chi connectivity index (χ1n) is 6.87. The van der Waals surface area contributed by atoms with Crippen molar-refractivity contribution in [1.82, 2.24) is 30.8 Å². The third-order valence-corrected chi connectivity index (χ3v) is 3.16. The zero-order valence-corrected chi connectivity index (χ0v) is 12.3. The van der Waals surface area contributed by atoms with E-state index >= 15 is 0 Å². The highest BCUT2D eigenvalue weighted by Crippen LogP contribution is 2.08. The van der Waals surface area contributed by atoms with Crippen molar-refractivity contribution in [3.05, 3.63) is 65.7 Å². The molecule has 3 N–H and O–H groups in total. The number of carbonyl (C=O) groups is 2. The molecule has 1 aromatic carbocycles. The van der Waals surface area contributed by atoms with E-state index in [1.165, 1.54) is 10.9 Å². The number of carbonyl (C=O) groups excluding carboxylic acids is 2. The van der Waals surface area contributed by atoms with Crippen molar-refractivity contribution >= 4 is 11.8 Å². The van der Waals surface area contributed by atoms with Crippen LogP contribution in [0.1, 0.15) is 26.5 Å². The highest BCUT2D eigenvalue weighted by Gasteiger charge is 2.13. The third kappa shape index (κ3) is 3.26. The highest BCUT2D eigenvalue weighted by molar-refractivity contribution is 5.97. The van der Waals surface area contributed by atoms with Gasteiger partial charge >= 0.3 is 0 Å². The second-order valence-electron chi connectivity index (χ2n) is 4.88. The van der Waals surface area contributed by atoms with E-state index in [0.717, 1.165) is 11.3 Å². The summed E-state index contributed by atoms with van der Waals surface area (Å²) >= 11 is 0. The lowest BCUT2D eigenvalue weighted by molar-refractivity contribution is 0.0841. The number of nitrogens with zero attached hydrogens (tertiary/aromatic N) is 3. The maximum atomic E-state index is 12.0. The number of aromatic amines is 1. The number of hydrogen-bond donors (Lipinski definition) is 3. The van der Waals surface area contributed by atoms with Crippen LogP contribution in [0.2, 0.25) is 0 Å². The first kappa shape index (κ1) is 14.5. The van der Waals surface area contributed by atoms with Gasteiger partial charge in [-0.15, -0.1) is 5.10 Å². The smallest absolute Gasteiger partial charge is 0.291 e. The maximum Gasteiger partial charge on any atom is 0.291 e. The van der Waals surface area contributed by atoms with Gasteiger partial charge in [0.05, 0.1) is 11.9 Å². The normalized spacial score (nSPS) is 10.3. The Bertz CT molecular complexity index is 820. The van der Waals surface area contributed by atoms with Gasteiger partial charge in [0.2, 0.25) is 0 Å². The molecule has 0 spiro atoms. The van der Waals surface area contributed by atoms with E-state index in [9.17, 15) is 9.59 Å². The van der Waals surface area contributed by atoms with Gasteiger partial charge in [-0.25, -0.2) is 4.68 Å². The van der Waals surface area contributed by atoms with Gasteiger partial charge in [0, 0.05) is 6.20 Å². The summed E-state index contributed by atoms with van der Waals surface area (Å²) < 4.78 is 1.49. The molecule has 0 radical (unpaired) electrons. The number of aromatic nitrogens is 4. The molecule has 3 aromatic rings. The third-order valence-electron chi connectivity index (χ3n) is 3.16. The zero-order valence-electron chi connectivity index (χ0n) is 12.3. The van der Waals surface area contributed by atoms with Crippen molar-refractivity contribution in [2.24, 2.45) is 0 Å². The lowest BCUT2D eigenvalue weighted by Crippen LogP contribution is -2.41. The number of amides is 2. The van der Waals surface area contributed by atoms with E-state index in [2.05, 4.69) is 26.1 Å². The molecule has 116 valence electrons. The summed E-state index contributed by atoms with van der Waals surface area (Å²) in [5, 5.41) is 7.70. The molecular weight excluding hydrogens is 296 g/mol. The molecule has 2 heterocycles. The van der Waals surface area contributed by atoms with Crippen LogP contribution >= 0.6 is 0 Å². The summed E-state index contributed by atoms with van der Waals surface area (Å²) in [4.78, 5) is 26.4. The van der Waals surface area contributed by atoms with Gasteiger partial charge in [-0.1, -0.05) is 22.9 Å². The predicted molar refractivity (Wildman–Crippen MR) is 81.8 cm³/mol. The summed E-state index contributed by atoms with van der Waals surface area (Å²) in [6.45, 7) is 1.98. The Balaban J connectivity index is 1.64. The van der Waals surface area contributed by atoms with Crippen LogP contribution < -0.4 is 10.9 Å². The first-order chi connectivity index (χ1) is 11.1. The Kier molecular flexibility index (Phi) is 3.88. The van der Waals surface area contributed by atoms with Crippen molar-refractivity contribution in [1.29, 1.82) is 0 Å². The van der Waals surface area contributed by atoms with Crippen molar-refractivity contribution in [2.75, 3.05) is 0 Å². The van der Waals surface area contributed by atoms with Crippen LogP contribution in [0.25, 0.3) is 5.69 Å². The molecule has 3 rings (SSSR count). The highest BCUT2D eigenvalue weighted by atomic mass is 16.2. The number of rotatable bonds is 3. The molecule has 0 saturated carbocycles. The molecule has 8 heteroatoms. The lowest BCUT2D eigenvalue weighted by Gasteiger charge is -2.03. The standard InChI is InChI=1S/C15H14N6O2/c1-10-4-6-11(7-5-10)21-9-13(17-20-21)15(23)19-18-14(22)12-3-2-8-16-12/h2-9,16H,1H3,(H,18,22)(H,19,23). The minimum Gasteiger partial charge on any atom is -0.357 e.